The van der Waals surface area contributed by atoms with E-state index < -0.39 is 0 Å². The summed E-state index contributed by atoms with van der Waals surface area (Å²) in [5.74, 6) is 0.460. The van der Waals surface area contributed by atoms with Crippen molar-refractivity contribution in [1.82, 2.24) is 10.2 Å². The monoisotopic (exact) mass is 391 g/mol. The summed E-state index contributed by atoms with van der Waals surface area (Å²) in [6.45, 7) is 2.98. The summed E-state index contributed by atoms with van der Waals surface area (Å²) in [7, 11) is 0. The number of rotatable bonds is 4. The maximum atomic E-state index is 12.8. The van der Waals surface area contributed by atoms with Crippen LogP contribution < -0.4 is 10.6 Å². The highest BCUT2D eigenvalue weighted by molar-refractivity contribution is 5.90. The third-order valence-electron chi connectivity index (χ3n) is 5.33. The number of likely N-dealkylation sites (tertiary alicyclic amines) is 1. The molecule has 2 N–H and O–H groups in total. The lowest BCUT2D eigenvalue weighted by Gasteiger charge is -2.32. The molecule has 29 heavy (non-hydrogen) atoms. The van der Waals surface area contributed by atoms with Gasteiger partial charge in [0.25, 0.3) is 0 Å². The molecular weight excluding hydrogens is 366 g/mol. The summed E-state index contributed by atoms with van der Waals surface area (Å²) < 4.78 is 5.85. The van der Waals surface area contributed by atoms with Crippen LogP contribution in [0.4, 0.5) is 10.5 Å². The molecule has 1 aromatic heterocycles. The van der Waals surface area contributed by atoms with E-state index in [2.05, 4.69) is 10.6 Å². The van der Waals surface area contributed by atoms with Crippen molar-refractivity contribution in [1.29, 1.82) is 0 Å². The molecule has 1 aliphatic heterocycles. The minimum absolute atomic E-state index is 0.0461. The zero-order valence-corrected chi connectivity index (χ0v) is 16.4. The molecule has 6 nitrogen and oxygen atoms in total. The lowest BCUT2D eigenvalue weighted by molar-refractivity contribution is -0.127. The first-order chi connectivity index (χ1) is 14.1. The van der Waals surface area contributed by atoms with Crippen molar-refractivity contribution < 1.29 is 14.0 Å². The fourth-order valence-corrected chi connectivity index (χ4v) is 3.72. The van der Waals surface area contributed by atoms with Gasteiger partial charge in [0, 0.05) is 24.2 Å². The number of carbonyl (C=O) groups is 2. The number of piperidine rings is 1. The summed E-state index contributed by atoms with van der Waals surface area (Å²) in [5.41, 5.74) is 1.56. The number of nitrogens with one attached hydrogen (secondary N) is 2. The van der Waals surface area contributed by atoms with Crippen LogP contribution in [-0.2, 0) is 4.79 Å². The molecule has 1 fully saturated rings. The van der Waals surface area contributed by atoms with Gasteiger partial charge in [0.15, 0.2) is 0 Å². The van der Waals surface area contributed by atoms with Gasteiger partial charge in [-0.2, -0.15) is 0 Å². The van der Waals surface area contributed by atoms with Crippen molar-refractivity contribution in [2.45, 2.75) is 25.8 Å². The molecule has 2 aromatic carbocycles. The maximum absolute atomic E-state index is 12.8. The fraction of sp³-hybridized carbons (Fsp3) is 0.304. The Labute approximate surface area is 169 Å². The molecule has 3 amide bonds. The third kappa shape index (κ3) is 4.42. The van der Waals surface area contributed by atoms with E-state index in [-0.39, 0.29) is 23.9 Å². The Morgan fingerprint density at radius 1 is 1.10 bits per heavy atom. The van der Waals surface area contributed by atoms with Gasteiger partial charge >= 0.3 is 6.03 Å². The van der Waals surface area contributed by atoms with Gasteiger partial charge < -0.3 is 20.0 Å². The Morgan fingerprint density at radius 2 is 1.86 bits per heavy atom. The largest absolute Gasteiger partial charge is 0.459 e. The van der Waals surface area contributed by atoms with Gasteiger partial charge in [-0.1, -0.05) is 36.4 Å². The molecule has 0 aliphatic carbocycles. The average molecular weight is 391 g/mol. The van der Waals surface area contributed by atoms with Crippen molar-refractivity contribution in [2.75, 3.05) is 18.4 Å². The molecule has 2 heterocycles. The first-order valence-electron chi connectivity index (χ1n) is 10.00. The van der Waals surface area contributed by atoms with Gasteiger partial charge in [-0.05, 0) is 44.0 Å². The zero-order valence-electron chi connectivity index (χ0n) is 16.4. The van der Waals surface area contributed by atoms with Crippen molar-refractivity contribution >= 4 is 28.6 Å². The number of carbonyl (C=O) groups excluding carboxylic acids is 2. The van der Waals surface area contributed by atoms with Gasteiger partial charge in [0.05, 0.1) is 12.0 Å². The second kappa shape index (κ2) is 8.39. The molecule has 0 bridgehead atoms. The number of fused-ring (bicyclic) bond motifs is 1. The molecule has 4 rings (SSSR count). The summed E-state index contributed by atoms with van der Waals surface area (Å²) in [6, 6.07) is 18.7. The lowest BCUT2D eigenvalue weighted by Crippen LogP contribution is -2.47. The first kappa shape index (κ1) is 19.1. The van der Waals surface area contributed by atoms with Crippen LogP contribution in [0, 0.1) is 5.92 Å². The van der Waals surface area contributed by atoms with Gasteiger partial charge in [-0.25, -0.2) is 4.79 Å². The van der Waals surface area contributed by atoms with Crippen molar-refractivity contribution in [3.8, 4) is 0 Å². The second-order valence-corrected chi connectivity index (χ2v) is 7.50. The van der Waals surface area contributed by atoms with Crippen LogP contribution in [0.25, 0.3) is 11.0 Å². The van der Waals surface area contributed by atoms with Crippen LogP contribution in [-0.4, -0.2) is 29.9 Å². The number of furan rings is 1. The molecule has 3 aromatic rings. The number of benzene rings is 2. The normalized spacial score (nSPS) is 17.7. The van der Waals surface area contributed by atoms with Crippen molar-refractivity contribution in [2.24, 2.45) is 5.92 Å². The SMILES string of the molecule is C[C@@H](NC(=O)[C@@H]1CCCN(C(=O)Nc2ccccc2)C1)c1cc2ccccc2o1. The van der Waals surface area contributed by atoms with E-state index in [0.29, 0.717) is 13.1 Å². The quantitative estimate of drug-likeness (QED) is 0.685. The van der Waals surface area contributed by atoms with Gasteiger partial charge in [-0.15, -0.1) is 0 Å². The second-order valence-electron chi connectivity index (χ2n) is 7.50. The lowest BCUT2D eigenvalue weighted by atomic mass is 9.97. The Hall–Kier alpha value is -3.28. The average Bonchev–Trinajstić information content (AvgIpc) is 3.19. The maximum Gasteiger partial charge on any atom is 0.321 e. The zero-order chi connectivity index (χ0) is 20.2. The highest BCUT2D eigenvalue weighted by Crippen LogP contribution is 2.25. The summed E-state index contributed by atoms with van der Waals surface area (Å²) in [5, 5.41) is 6.96. The van der Waals surface area contributed by atoms with Crippen LogP contribution >= 0.6 is 0 Å². The first-order valence-corrected chi connectivity index (χ1v) is 10.00. The van der Waals surface area contributed by atoms with Crippen LogP contribution in [0.3, 0.4) is 0 Å². The van der Waals surface area contributed by atoms with E-state index in [9.17, 15) is 9.59 Å². The van der Waals surface area contributed by atoms with Crippen molar-refractivity contribution in [3.63, 3.8) is 0 Å². The Bertz CT molecular complexity index is 966. The minimum atomic E-state index is -0.233. The Balaban J connectivity index is 1.36. The Morgan fingerprint density at radius 3 is 2.66 bits per heavy atom. The Kier molecular flexibility index (Phi) is 5.51. The fourth-order valence-electron chi connectivity index (χ4n) is 3.72. The smallest absolute Gasteiger partial charge is 0.321 e. The standard InChI is InChI=1S/C23H25N3O3/c1-16(21-14-17-8-5-6-12-20(17)29-21)24-22(27)18-9-7-13-26(15-18)23(28)25-19-10-3-2-4-11-19/h2-6,8,10-12,14,16,18H,7,9,13,15H2,1H3,(H,24,27)(H,25,28)/t16-,18-/m1/s1. The highest BCUT2D eigenvalue weighted by atomic mass is 16.3. The predicted molar refractivity (Wildman–Crippen MR) is 113 cm³/mol. The van der Waals surface area contributed by atoms with Crippen molar-refractivity contribution in [3.05, 3.63) is 66.4 Å². The van der Waals surface area contributed by atoms with E-state index >= 15 is 0 Å². The molecule has 1 saturated heterocycles. The summed E-state index contributed by atoms with van der Waals surface area (Å²) in [6.07, 6.45) is 1.58. The molecule has 0 spiro atoms. The number of amides is 3. The van der Waals surface area contributed by atoms with Gasteiger partial charge in [-0.3, -0.25) is 4.79 Å². The highest BCUT2D eigenvalue weighted by Gasteiger charge is 2.29. The summed E-state index contributed by atoms with van der Waals surface area (Å²) >= 11 is 0. The molecule has 150 valence electrons. The van der Waals surface area contributed by atoms with Gasteiger partial charge in [0.2, 0.25) is 5.91 Å². The molecule has 2 atom stereocenters. The topological polar surface area (TPSA) is 74.6 Å². The van der Waals surface area contributed by atoms with Gasteiger partial charge in [0.1, 0.15) is 11.3 Å². The van der Waals surface area contributed by atoms with E-state index in [1.54, 1.807) is 4.90 Å². The number of nitrogens with zero attached hydrogens (tertiary/aromatic N) is 1. The third-order valence-corrected chi connectivity index (χ3v) is 5.33. The minimum Gasteiger partial charge on any atom is -0.459 e. The van der Waals surface area contributed by atoms with E-state index in [1.165, 1.54) is 0 Å². The number of para-hydroxylation sites is 2. The number of hydrogen-bond donors (Lipinski definition) is 2. The van der Waals surface area contributed by atoms with E-state index in [4.69, 9.17) is 4.42 Å². The number of urea groups is 1. The molecule has 0 radical (unpaired) electrons. The number of hydrogen-bond acceptors (Lipinski definition) is 3. The molecule has 0 saturated carbocycles. The summed E-state index contributed by atoms with van der Waals surface area (Å²) in [4.78, 5) is 27.1. The number of anilines is 1. The van der Waals surface area contributed by atoms with E-state index in [0.717, 1.165) is 35.3 Å². The molecule has 1 aliphatic rings. The van der Waals surface area contributed by atoms with Crippen LogP contribution in [0.5, 0.6) is 0 Å². The predicted octanol–water partition coefficient (Wildman–Crippen LogP) is 4.55. The van der Waals surface area contributed by atoms with Crippen LogP contribution in [0.1, 0.15) is 31.6 Å². The van der Waals surface area contributed by atoms with Crippen LogP contribution in [0.2, 0.25) is 0 Å². The van der Waals surface area contributed by atoms with E-state index in [1.807, 2.05) is 67.6 Å². The molecular formula is C23H25N3O3. The molecule has 0 unspecified atom stereocenters. The molecule has 6 heteroatoms. The van der Waals surface area contributed by atoms with Crippen LogP contribution in [0.15, 0.2) is 65.1 Å².